The summed E-state index contributed by atoms with van der Waals surface area (Å²) >= 11 is 6.23. The molecule has 3 N–H and O–H groups in total. The molecule has 1 saturated heterocycles. The first-order valence-electron chi connectivity index (χ1n) is 20.2. The van der Waals surface area contributed by atoms with Crippen molar-refractivity contribution in [3.63, 3.8) is 0 Å². The second-order valence-electron chi connectivity index (χ2n) is 16.9. The molecule has 320 valence electrons. The van der Waals surface area contributed by atoms with Gasteiger partial charge in [-0.3, -0.25) is 19.8 Å². The number of nitro groups is 1. The maximum Gasteiger partial charge on any atom is 0.293 e. The van der Waals surface area contributed by atoms with E-state index < -0.39 is 37.4 Å². The molecule has 1 saturated carbocycles. The fourth-order valence-electron chi connectivity index (χ4n) is 8.38. The zero-order valence-electron chi connectivity index (χ0n) is 33.7. The highest BCUT2D eigenvalue weighted by molar-refractivity contribution is 7.90. The number of benzene rings is 3. The molecule has 1 amide bonds. The Balaban J connectivity index is 1.00. The summed E-state index contributed by atoms with van der Waals surface area (Å²) in [4.78, 5) is 36.6. The molecule has 3 aromatic carbocycles. The number of fused-ring (bicyclic) bond motifs is 1. The third kappa shape index (κ3) is 9.66. The Hall–Kier alpha value is -5.58. The fraction of sp³-hybridized carbons (Fsp3) is 0.364. The van der Waals surface area contributed by atoms with Crippen LogP contribution < -0.4 is 19.7 Å². The van der Waals surface area contributed by atoms with Gasteiger partial charge >= 0.3 is 0 Å². The molecule has 0 unspecified atom stereocenters. The highest BCUT2D eigenvalue weighted by atomic mass is 35.5. The number of nitro benzene ring substituents is 1. The van der Waals surface area contributed by atoms with E-state index in [-0.39, 0.29) is 47.7 Å². The van der Waals surface area contributed by atoms with E-state index in [0.717, 1.165) is 62.1 Å². The predicted octanol–water partition coefficient (Wildman–Crippen LogP) is 9.28. The zero-order valence-corrected chi connectivity index (χ0v) is 35.3. The second-order valence-corrected chi connectivity index (χ2v) is 19.1. The third-order valence-electron chi connectivity index (χ3n) is 11.8. The maximum absolute atomic E-state index is 13.8. The summed E-state index contributed by atoms with van der Waals surface area (Å²) < 4.78 is 62.1. The Labute approximate surface area is 357 Å². The lowest BCUT2D eigenvalue weighted by Gasteiger charge is -2.39. The lowest BCUT2D eigenvalue weighted by atomic mass is 9.72. The number of aromatic nitrogens is 2. The van der Waals surface area contributed by atoms with Gasteiger partial charge in [-0.05, 0) is 90.3 Å². The van der Waals surface area contributed by atoms with Gasteiger partial charge in [0, 0.05) is 86.5 Å². The highest BCUT2D eigenvalue weighted by Crippen LogP contribution is 2.44. The normalized spacial score (nSPS) is 18.1. The summed E-state index contributed by atoms with van der Waals surface area (Å²) in [5.41, 5.74) is 4.98. The molecule has 3 heterocycles. The van der Waals surface area contributed by atoms with Crippen molar-refractivity contribution in [2.45, 2.75) is 56.8 Å². The number of sulfonamides is 1. The average Bonchev–Trinajstić information content (AvgIpc) is 3.68. The summed E-state index contributed by atoms with van der Waals surface area (Å²) in [6.45, 7) is 8.54. The fourth-order valence-corrected chi connectivity index (χ4v) is 9.49. The number of alkyl halides is 2. The minimum Gasteiger partial charge on any atom is -0.455 e. The third-order valence-corrected chi connectivity index (χ3v) is 13.4. The number of halogens is 3. The number of allylic oxidation sites excluding steroid dienone is 1. The molecule has 13 nitrogen and oxygen atoms in total. The number of nitrogens with one attached hydrogen (secondary N) is 3. The molecule has 0 radical (unpaired) electrons. The molecule has 0 atom stereocenters. The van der Waals surface area contributed by atoms with Crippen LogP contribution in [-0.2, 0) is 10.0 Å². The topological polar surface area (TPSA) is 163 Å². The van der Waals surface area contributed by atoms with E-state index in [9.17, 15) is 32.1 Å². The van der Waals surface area contributed by atoms with Gasteiger partial charge in [0.1, 0.15) is 22.8 Å². The standard InChI is InChI=1S/C44H46ClF2N7O6S/c1-43(2)13-11-31(37(24-43)29-3-5-32(45)6-4-29)27-52-15-17-53(18-16-52)33-7-9-36(40(20-33)60-34-19-30-12-14-48-41(30)50-26-34)42(55)51-61(58,59)35-8-10-38(39(21-35)54(56)57)49-25-28-22-44(46,47)23-28/h3-10,12,14,19-21,26,28,49H,11,13,15-18,22-25,27H2,1-2H3,(H,48,50)(H,51,55). The van der Waals surface area contributed by atoms with E-state index in [1.165, 1.54) is 35.0 Å². The van der Waals surface area contributed by atoms with Crippen molar-refractivity contribution in [3.8, 4) is 11.5 Å². The number of amides is 1. The Morgan fingerprint density at radius 3 is 2.51 bits per heavy atom. The monoisotopic (exact) mass is 873 g/mol. The van der Waals surface area contributed by atoms with Crippen LogP contribution in [0.25, 0.3) is 16.6 Å². The van der Waals surface area contributed by atoms with Crippen molar-refractivity contribution in [2.24, 2.45) is 11.3 Å². The number of hydrogen-bond acceptors (Lipinski definition) is 10. The number of pyridine rings is 1. The summed E-state index contributed by atoms with van der Waals surface area (Å²) in [5.74, 6) is -3.75. The Bertz CT molecular complexity index is 2620. The van der Waals surface area contributed by atoms with E-state index >= 15 is 0 Å². The van der Waals surface area contributed by atoms with Crippen molar-refractivity contribution in [1.82, 2.24) is 19.6 Å². The van der Waals surface area contributed by atoms with Crippen molar-refractivity contribution in [2.75, 3.05) is 49.5 Å². The molecular weight excluding hydrogens is 828 g/mol. The van der Waals surface area contributed by atoms with E-state index in [1.807, 2.05) is 22.9 Å². The number of rotatable bonds is 13. The van der Waals surface area contributed by atoms with E-state index in [4.69, 9.17) is 16.3 Å². The zero-order chi connectivity index (χ0) is 43.1. The van der Waals surface area contributed by atoms with Crippen molar-refractivity contribution < 1.29 is 31.7 Å². The summed E-state index contributed by atoms with van der Waals surface area (Å²) in [6, 6.07) is 19.7. The number of carbonyl (C=O) groups excluding carboxylic acids is 1. The van der Waals surface area contributed by atoms with Crippen LogP contribution in [0.3, 0.4) is 0 Å². The summed E-state index contributed by atoms with van der Waals surface area (Å²) in [6.07, 6.45) is 5.70. The lowest BCUT2D eigenvalue weighted by Crippen LogP contribution is -2.47. The Morgan fingerprint density at radius 2 is 1.79 bits per heavy atom. The van der Waals surface area contributed by atoms with Gasteiger partial charge in [-0.1, -0.05) is 43.2 Å². The molecule has 2 aliphatic carbocycles. The van der Waals surface area contributed by atoms with Crippen LogP contribution >= 0.6 is 11.6 Å². The largest absolute Gasteiger partial charge is 0.455 e. The van der Waals surface area contributed by atoms with Crippen molar-refractivity contribution in [1.29, 1.82) is 0 Å². The van der Waals surface area contributed by atoms with Crippen molar-refractivity contribution in [3.05, 3.63) is 117 Å². The number of aromatic amines is 1. The van der Waals surface area contributed by atoms with Gasteiger partial charge in [-0.25, -0.2) is 26.9 Å². The molecule has 17 heteroatoms. The first-order valence-corrected chi connectivity index (χ1v) is 22.0. The molecule has 3 aliphatic rings. The van der Waals surface area contributed by atoms with Gasteiger partial charge in [-0.2, -0.15) is 0 Å². The lowest BCUT2D eigenvalue weighted by molar-refractivity contribution is -0.384. The minimum absolute atomic E-state index is 0.0246. The molecule has 0 bridgehead atoms. The van der Waals surface area contributed by atoms with E-state index in [2.05, 4.69) is 51.1 Å². The molecular formula is C44H46ClF2N7O6S. The highest BCUT2D eigenvalue weighted by Gasteiger charge is 2.45. The van der Waals surface area contributed by atoms with Crippen LogP contribution in [0.4, 0.5) is 25.8 Å². The van der Waals surface area contributed by atoms with E-state index in [0.29, 0.717) is 29.5 Å². The molecule has 1 aliphatic heterocycles. The molecule has 2 aromatic heterocycles. The van der Waals surface area contributed by atoms with Crippen molar-refractivity contribution >= 4 is 61.2 Å². The number of piperazine rings is 1. The van der Waals surface area contributed by atoms with Gasteiger partial charge in [0.05, 0.1) is 21.6 Å². The van der Waals surface area contributed by atoms with Gasteiger partial charge in [0.2, 0.25) is 5.92 Å². The number of H-pyrrole nitrogens is 1. The van der Waals surface area contributed by atoms with Gasteiger partial charge in [-0.15, -0.1) is 0 Å². The summed E-state index contributed by atoms with van der Waals surface area (Å²) in [5, 5.41) is 16.2. The Kier molecular flexibility index (Phi) is 11.5. The molecule has 0 spiro atoms. The maximum atomic E-state index is 13.8. The number of ether oxygens (including phenoxy) is 1. The number of hydrogen-bond donors (Lipinski definition) is 3. The van der Waals surface area contributed by atoms with Crippen LogP contribution in [0.5, 0.6) is 11.5 Å². The first kappa shape index (κ1) is 42.1. The second kappa shape index (κ2) is 16.7. The van der Waals surface area contributed by atoms with Crippen LogP contribution in [0, 0.1) is 21.4 Å². The SMILES string of the molecule is CC1(C)CCC(CN2CCN(c3ccc(C(=O)NS(=O)(=O)c4ccc(NCC5CC(F)(F)C5)c([N+](=O)[O-])c4)c(Oc4cnc5[nH]ccc5c4)c3)CC2)=C(c2ccc(Cl)cc2)C1. The predicted molar refractivity (Wildman–Crippen MR) is 231 cm³/mol. The quantitative estimate of drug-likeness (QED) is 0.0768. The van der Waals surface area contributed by atoms with Gasteiger partial charge < -0.3 is 19.9 Å². The average molecular weight is 874 g/mol. The number of carbonyl (C=O) groups is 1. The van der Waals surface area contributed by atoms with Gasteiger partial charge in [0.15, 0.2) is 0 Å². The van der Waals surface area contributed by atoms with Gasteiger partial charge in [0.25, 0.3) is 21.6 Å². The molecule has 2 fully saturated rings. The molecule has 5 aromatic rings. The summed E-state index contributed by atoms with van der Waals surface area (Å²) in [7, 11) is -4.64. The first-order chi connectivity index (χ1) is 29.0. The Morgan fingerprint density at radius 1 is 1.03 bits per heavy atom. The van der Waals surface area contributed by atoms with E-state index in [1.54, 1.807) is 24.4 Å². The molecule has 8 rings (SSSR count). The smallest absolute Gasteiger partial charge is 0.293 e. The minimum atomic E-state index is -4.64. The van der Waals surface area contributed by atoms with Crippen LogP contribution in [0.15, 0.2) is 95.7 Å². The number of anilines is 2. The van der Waals surface area contributed by atoms with Crippen LogP contribution in [0.2, 0.25) is 5.02 Å². The molecule has 61 heavy (non-hydrogen) atoms. The van der Waals surface area contributed by atoms with Crippen LogP contribution in [0.1, 0.15) is 61.9 Å². The van der Waals surface area contributed by atoms with Crippen LogP contribution in [-0.4, -0.2) is 79.3 Å². The number of nitrogens with zero attached hydrogens (tertiary/aromatic N) is 4.